The first-order valence-electron chi connectivity index (χ1n) is 8.37. The summed E-state index contributed by atoms with van der Waals surface area (Å²) in [7, 11) is 1.87. The maximum Gasteiger partial charge on any atom is 0.230 e. The molecule has 0 fully saturated rings. The van der Waals surface area contributed by atoms with Gasteiger partial charge in [-0.3, -0.25) is 4.79 Å². The molecule has 1 aromatic heterocycles. The van der Waals surface area contributed by atoms with Gasteiger partial charge in [0.2, 0.25) is 5.91 Å². The molecule has 22 heavy (non-hydrogen) atoms. The Balaban J connectivity index is 2.35. The first-order valence-corrected chi connectivity index (χ1v) is 9.19. The topological polar surface area (TPSA) is 49.6 Å². The lowest BCUT2D eigenvalue weighted by molar-refractivity contribution is -0.122. The van der Waals surface area contributed by atoms with E-state index >= 15 is 0 Å². The van der Waals surface area contributed by atoms with Crippen molar-refractivity contribution in [3.8, 4) is 0 Å². The Kier molecular flexibility index (Phi) is 5.37. The fourth-order valence-electron chi connectivity index (χ4n) is 3.21. The molecule has 2 rings (SSSR count). The van der Waals surface area contributed by atoms with Crippen LogP contribution in [0.25, 0.3) is 0 Å². The molecule has 0 aromatic carbocycles. The van der Waals surface area contributed by atoms with Gasteiger partial charge in [0.05, 0.1) is 10.7 Å². The Hall–Kier alpha value is -1.23. The summed E-state index contributed by atoms with van der Waals surface area (Å²) in [5.41, 5.74) is 8.45. The van der Waals surface area contributed by atoms with E-state index in [1.54, 1.807) is 16.2 Å². The Bertz CT molecular complexity index is 534. The molecule has 1 aliphatic heterocycles. The van der Waals surface area contributed by atoms with E-state index in [0.29, 0.717) is 6.04 Å². The van der Waals surface area contributed by atoms with Crippen molar-refractivity contribution >= 4 is 32.9 Å². The third-order valence-corrected chi connectivity index (χ3v) is 6.05. The van der Waals surface area contributed by atoms with Crippen molar-refractivity contribution in [1.29, 1.82) is 0 Å². The summed E-state index contributed by atoms with van der Waals surface area (Å²) in [6.45, 7) is 9.65. The minimum atomic E-state index is 0.0877. The highest BCUT2D eigenvalue weighted by Gasteiger charge is 2.29. The van der Waals surface area contributed by atoms with Gasteiger partial charge in [0.1, 0.15) is 5.00 Å². The number of hydrogen-bond donors (Lipinski definition) is 1. The number of thiophene rings is 1. The third kappa shape index (κ3) is 2.96. The van der Waals surface area contributed by atoms with E-state index in [0.717, 1.165) is 42.9 Å². The number of carbonyl (C=O) groups excluding carboxylic acids is 1. The second-order valence-electron chi connectivity index (χ2n) is 6.41. The number of fused-ring (bicyclic) bond motifs is 1. The summed E-state index contributed by atoms with van der Waals surface area (Å²) in [5.74, 6) is 0.274. The predicted octanol–water partition coefficient (Wildman–Crippen LogP) is 3.89. The minimum Gasteiger partial charge on any atom is -0.396 e. The Morgan fingerprint density at radius 3 is 2.55 bits per heavy atom. The normalized spacial score (nSPS) is 14.6. The second-order valence-corrected chi connectivity index (χ2v) is 7.38. The summed E-state index contributed by atoms with van der Waals surface area (Å²) in [6.07, 6.45) is 3.91. The molecule has 0 atom stereocenters. The van der Waals surface area contributed by atoms with Crippen molar-refractivity contribution in [3.63, 3.8) is 0 Å². The van der Waals surface area contributed by atoms with Crippen LogP contribution in [-0.4, -0.2) is 25.5 Å². The smallest absolute Gasteiger partial charge is 0.230 e. The molecule has 0 radical (unpaired) electrons. The number of hydrogen-bond acceptors (Lipinski definition) is 4. The molecule has 0 saturated heterocycles. The molecular weight excluding hydrogens is 294 g/mol. The van der Waals surface area contributed by atoms with Gasteiger partial charge >= 0.3 is 0 Å². The maximum absolute atomic E-state index is 12.6. The number of nitrogens with zero attached hydrogens (tertiary/aromatic N) is 2. The molecule has 2 N–H and O–H groups in total. The monoisotopic (exact) mass is 323 g/mol. The largest absolute Gasteiger partial charge is 0.396 e. The first-order chi connectivity index (χ1) is 10.4. The van der Waals surface area contributed by atoms with Gasteiger partial charge in [-0.05, 0) is 39.5 Å². The van der Waals surface area contributed by atoms with Crippen molar-refractivity contribution < 1.29 is 4.79 Å². The lowest BCUT2D eigenvalue weighted by Crippen LogP contribution is -2.34. The highest BCUT2D eigenvalue weighted by atomic mass is 32.1. The minimum absolute atomic E-state index is 0.0877. The van der Waals surface area contributed by atoms with Crippen molar-refractivity contribution in [3.05, 3.63) is 5.56 Å². The SMILES string of the molecule is CCC(CC)C(=O)N(C)c1sc2c(c1N)CCCN2C(C)C. The van der Waals surface area contributed by atoms with E-state index in [1.165, 1.54) is 10.6 Å². The van der Waals surface area contributed by atoms with Gasteiger partial charge in [-0.1, -0.05) is 25.2 Å². The van der Waals surface area contributed by atoms with Gasteiger partial charge in [0, 0.05) is 31.1 Å². The molecule has 124 valence electrons. The fraction of sp³-hybridized carbons (Fsp3) is 0.706. The lowest BCUT2D eigenvalue weighted by Gasteiger charge is -2.32. The summed E-state index contributed by atoms with van der Waals surface area (Å²) in [5, 5.41) is 2.19. The van der Waals surface area contributed by atoms with Gasteiger partial charge in [-0.2, -0.15) is 0 Å². The highest BCUT2D eigenvalue weighted by Crippen LogP contribution is 2.47. The van der Waals surface area contributed by atoms with Crippen LogP contribution in [0.2, 0.25) is 0 Å². The Morgan fingerprint density at radius 1 is 1.36 bits per heavy atom. The van der Waals surface area contributed by atoms with Crippen molar-refractivity contribution in [2.45, 2.75) is 59.4 Å². The lowest BCUT2D eigenvalue weighted by atomic mass is 10.0. The number of anilines is 3. The van der Waals surface area contributed by atoms with Crippen molar-refractivity contribution in [1.82, 2.24) is 0 Å². The van der Waals surface area contributed by atoms with Crippen LogP contribution >= 0.6 is 11.3 Å². The van der Waals surface area contributed by atoms with Crippen LogP contribution in [-0.2, 0) is 11.2 Å². The molecular formula is C17H29N3OS. The van der Waals surface area contributed by atoms with Crippen LogP contribution in [0, 0.1) is 5.92 Å². The van der Waals surface area contributed by atoms with E-state index in [-0.39, 0.29) is 11.8 Å². The third-order valence-electron chi connectivity index (χ3n) is 4.69. The van der Waals surface area contributed by atoms with Crippen LogP contribution < -0.4 is 15.5 Å². The van der Waals surface area contributed by atoms with Crippen molar-refractivity contribution in [2.24, 2.45) is 5.92 Å². The van der Waals surface area contributed by atoms with Crippen LogP contribution in [0.15, 0.2) is 0 Å². The quantitative estimate of drug-likeness (QED) is 0.894. The average Bonchev–Trinajstić information content (AvgIpc) is 2.84. The molecule has 0 aliphatic carbocycles. The summed E-state index contributed by atoms with van der Waals surface area (Å²) in [4.78, 5) is 16.9. The number of nitrogens with two attached hydrogens (primary N) is 1. The number of rotatable bonds is 5. The molecule has 5 heteroatoms. The van der Waals surface area contributed by atoms with Crippen LogP contribution in [0.5, 0.6) is 0 Å². The van der Waals surface area contributed by atoms with E-state index in [1.807, 2.05) is 7.05 Å². The molecule has 0 unspecified atom stereocenters. The molecule has 0 bridgehead atoms. The Morgan fingerprint density at radius 2 is 2.00 bits per heavy atom. The molecule has 0 saturated carbocycles. The second kappa shape index (κ2) is 6.90. The van der Waals surface area contributed by atoms with Gasteiger partial charge in [-0.15, -0.1) is 0 Å². The van der Waals surface area contributed by atoms with E-state index in [4.69, 9.17) is 5.73 Å². The number of amides is 1. The van der Waals surface area contributed by atoms with Gasteiger partial charge in [-0.25, -0.2) is 0 Å². The van der Waals surface area contributed by atoms with E-state index in [2.05, 4.69) is 32.6 Å². The molecule has 1 aliphatic rings. The standard InChI is InChI=1S/C17H29N3OS/c1-6-12(7-2)15(21)19(5)17-14(18)13-9-8-10-20(11(3)4)16(13)22-17/h11-12H,6-10,18H2,1-5H3. The predicted molar refractivity (Wildman–Crippen MR) is 97.0 cm³/mol. The highest BCUT2D eigenvalue weighted by molar-refractivity contribution is 7.21. The van der Waals surface area contributed by atoms with E-state index < -0.39 is 0 Å². The number of nitrogen functional groups attached to an aromatic ring is 1. The number of carbonyl (C=O) groups is 1. The summed E-state index contributed by atoms with van der Waals surface area (Å²) < 4.78 is 0. The molecule has 4 nitrogen and oxygen atoms in total. The van der Waals surface area contributed by atoms with Crippen molar-refractivity contribution in [2.75, 3.05) is 29.1 Å². The van der Waals surface area contributed by atoms with Crippen LogP contribution in [0.4, 0.5) is 15.7 Å². The molecule has 1 amide bonds. The zero-order valence-electron chi connectivity index (χ0n) is 14.5. The zero-order chi connectivity index (χ0) is 16.4. The summed E-state index contributed by atoms with van der Waals surface area (Å²) >= 11 is 1.68. The zero-order valence-corrected chi connectivity index (χ0v) is 15.3. The molecule has 2 heterocycles. The van der Waals surface area contributed by atoms with E-state index in [9.17, 15) is 4.79 Å². The van der Waals surface area contributed by atoms with Crippen LogP contribution in [0.3, 0.4) is 0 Å². The van der Waals surface area contributed by atoms with Gasteiger partial charge < -0.3 is 15.5 Å². The first kappa shape index (κ1) is 17.1. The molecule has 0 spiro atoms. The van der Waals surface area contributed by atoms with Gasteiger partial charge in [0.15, 0.2) is 0 Å². The molecule has 1 aromatic rings. The summed E-state index contributed by atoms with van der Waals surface area (Å²) in [6, 6.07) is 0.463. The van der Waals surface area contributed by atoms with Crippen LogP contribution in [0.1, 0.15) is 52.5 Å². The average molecular weight is 324 g/mol. The maximum atomic E-state index is 12.6. The fourth-order valence-corrected chi connectivity index (χ4v) is 4.61. The Labute approximate surface area is 138 Å². The van der Waals surface area contributed by atoms with Gasteiger partial charge in [0.25, 0.3) is 0 Å².